The summed E-state index contributed by atoms with van der Waals surface area (Å²) >= 11 is 4.80. The zero-order chi connectivity index (χ0) is 15.4. The molecule has 1 amide bonds. The van der Waals surface area contributed by atoms with Crippen LogP contribution in [0, 0.1) is 0 Å². The van der Waals surface area contributed by atoms with Gasteiger partial charge in [0, 0.05) is 26.1 Å². The van der Waals surface area contributed by atoms with Crippen LogP contribution in [0.5, 0.6) is 0 Å². The molecule has 0 radical (unpaired) electrons. The Morgan fingerprint density at radius 2 is 2.00 bits per heavy atom. The fourth-order valence-corrected chi connectivity index (χ4v) is 2.16. The quantitative estimate of drug-likeness (QED) is 0.841. The summed E-state index contributed by atoms with van der Waals surface area (Å²) in [5.41, 5.74) is 5.99. The highest BCUT2D eigenvalue weighted by Gasteiger charge is 2.12. The van der Waals surface area contributed by atoms with Crippen LogP contribution in [0.25, 0.3) is 10.9 Å². The second-order valence-corrected chi connectivity index (χ2v) is 5.37. The van der Waals surface area contributed by atoms with Crippen molar-refractivity contribution in [3.8, 4) is 0 Å². The van der Waals surface area contributed by atoms with Crippen molar-refractivity contribution in [3.63, 3.8) is 0 Å². The van der Waals surface area contributed by atoms with Crippen LogP contribution >= 0.6 is 12.2 Å². The van der Waals surface area contributed by atoms with Crippen molar-refractivity contribution in [1.29, 1.82) is 0 Å². The predicted molar refractivity (Wildman–Crippen MR) is 87.2 cm³/mol. The van der Waals surface area contributed by atoms with Gasteiger partial charge in [-0.05, 0) is 17.5 Å². The molecule has 110 valence electrons. The van der Waals surface area contributed by atoms with Gasteiger partial charge in [-0.25, -0.2) is 0 Å². The van der Waals surface area contributed by atoms with E-state index in [0.717, 1.165) is 10.9 Å². The van der Waals surface area contributed by atoms with Crippen molar-refractivity contribution in [2.24, 2.45) is 5.73 Å². The van der Waals surface area contributed by atoms with Gasteiger partial charge in [0.15, 0.2) is 0 Å². The van der Waals surface area contributed by atoms with Gasteiger partial charge >= 0.3 is 0 Å². The van der Waals surface area contributed by atoms with Crippen LogP contribution in [-0.2, 0) is 11.3 Å². The number of thiocarbonyl (C=S) groups is 1. The maximum absolute atomic E-state index is 12.2. The molecule has 6 heteroatoms. The van der Waals surface area contributed by atoms with E-state index in [1.54, 1.807) is 13.1 Å². The lowest BCUT2D eigenvalue weighted by Crippen LogP contribution is -2.35. The highest BCUT2D eigenvalue weighted by molar-refractivity contribution is 7.80. The molecule has 0 spiro atoms. The molecule has 0 aliphatic heterocycles. The first-order valence-electron chi connectivity index (χ1n) is 6.60. The summed E-state index contributed by atoms with van der Waals surface area (Å²) in [5, 5.41) is 0.927. The molecular formula is C15H17N3O2S. The number of hydrogen-bond donors (Lipinski definition) is 1. The zero-order valence-corrected chi connectivity index (χ0v) is 12.6. The number of fused-ring (bicyclic) bond motifs is 1. The molecule has 5 nitrogen and oxygen atoms in total. The van der Waals surface area contributed by atoms with E-state index in [-0.39, 0.29) is 18.0 Å². The summed E-state index contributed by atoms with van der Waals surface area (Å²) in [6.07, 6.45) is 0.474. The highest BCUT2D eigenvalue weighted by Crippen LogP contribution is 2.11. The molecule has 2 aromatic rings. The van der Waals surface area contributed by atoms with E-state index >= 15 is 0 Å². The van der Waals surface area contributed by atoms with Gasteiger partial charge in [0.2, 0.25) is 5.91 Å². The van der Waals surface area contributed by atoms with E-state index in [2.05, 4.69) is 0 Å². The first kappa shape index (κ1) is 15.2. The van der Waals surface area contributed by atoms with Crippen LogP contribution < -0.4 is 11.3 Å². The molecule has 21 heavy (non-hydrogen) atoms. The van der Waals surface area contributed by atoms with E-state index < -0.39 is 0 Å². The summed E-state index contributed by atoms with van der Waals surface area (Å²) < 4.78 is 1.48. The Labute approximate surface area is 128 Å². The van der Waals surface area contributed by atoms with Crippen molar-refractivity contribution in [3.05, 3.63) is 46.8 Å². The summed E-state index contributed by atoms with van der Waals surface area (Å²) in [5.74, 6) is -0.148. The third-order valence-electron chi connectivity index (χ3n) is 3.31. The maximum Gasteiger partial charge on any atom is 0.251 e. The number of rotatable bonds is 5. The number of para-hydroxylation sites is 1. The average Bonchev–Trinajstić information content (AvgIpc) is 2.47. The molecule has 0 aliphatic rings. The van der Waals surface area contributed by atoms with Gasteiger partial charge in [-0.2, -0.15) is 0 Å². The second-order valence-electron chi connectivity index (χ2n) is 4.85. The van der Waals surface area contributed by atoms with Crippen LogP contribution in [0.15, 0.2) is 41.2 Å². The minimum atomic E-state index is -0.190. The van der Waals surface area contributed by atoms with Gasteiger partial charge in [0.1, 0.15) is 6.54 Å². The number of nitrogens with two attached hydrogens (primary N) is 1. The number of aromatic nitrogens is 1. The molecule has 0 bridgehead atoms. The van der Waals surface area contributed by atoms with E-state index in [1.165, 1.54) is 15.5 Å². The zero-order valence-electron chi connectivity index (χ0n) is 11.8. The van der Waals surface area contributed by atoms with E-state index in [4.69, 9.17) is 18.0 Å². The number of benzene rings is 1. The molecule has 0 fully saturated rings. The second kappa shape index (κ2) is 6.49. The normalized spacial score (nSPS) is 10.5. The Hall–Kier alpha value is -2.21. The molecule has 0 unspecified atom stereocenters. The van der Waals surface area contributed by atoms with Crippen LogP contribution in [0.3, 0.4) is 0 Å². The number of pyridine rings is 1. The fourth-order valence-electron chi connectivity index (χ4n) is 2.07. The molecular weight excluding hydrogens is 286 g/mol. The van der Waals surface area contributed by atoms with E-state index in [9.17, 15) is 9.59 Å². The fraction of sp³-hybridized carbons (Fsp3) is 0.267. The molecule has 1 aromatic heterocycles. The molecule has 1 heterocycles. The first-order chi connectivity index (χ1) is 9.99. The van der Waals surface area contributed by atoms with Crippen molar-refractivity contribution < 1.29 is 4.79 Å². The molecule has 0 saturated carbocycles. The van der Waals surface area contributed by atoms with Gasteiger partial charge in [0.25, 0.3) is 5.56 Å². The Bertz CT molecular complexity index is 739. The van der Waals surface area contributed by atoms with Gasteiger partial charge in [0.05, 0.1) is 10.5 Å². The molecule has 2 rings (SSSR count). The van der Waals surface area contributed by atoms with Crippen LogP contribution in [0.1, 0.15) is 6.42 Å². The third kappa shape index (κ3) is 3.66. The molecule has 0 saturated heterocycles. The van der Waals surface area contributed by atoms with Crippen LogP contribution in [0.4, 0.5) is 0 Å². The average molecular weight is 303 g/mol. The van der Waals surface area contributed by atoms with Gasteiger partial charge in [-0.1, -0.05) is 30.4 Å². The largest absolute Gasteiger partial charge is 0.393 e. The Morgan fingerprint density at radius 3 is 2.71 bits per heavy atom. The van der Waals surface area contributed by atoms with Gasteiger partial charge in [-0.15, -0.1) is 0 Å². The summed E-state index contributed by atoms with van der Waals surface area (Å²) in [7, 11) is 1.68. The van der Waals surface area contributed by atoms with Crippen molar-refractivity contribution in [2.45, 2.75) is 13.0 Å². The number of nitrogens with zero attached hydrogens (tertiary/aromatic N) is 2. The van der Waals surface area contributed by atoms with Crippen LogP contribution in [-0.4, -0.2) is 34.0 Å². The lowest BCUT2D eigenvalue weighted by atomic mass is 10.2. The van der Waals surface area contributed by atoms with E-state index in [0.29, 0.717) is 18.0 Å². The number of likely N-dealkylation sites (N-methyl/N-ethyl adjacent to an activating group) is 1. The minimum absolute atomic E-state index is 0.00796. The van der Waals surface area contributed by atoms with Crippen LogP contribution in [0.2, 0.25) is 0 Å². The molecule has 0 aliphatic carbocycles. The standard InChI is InChI=1S/C15H17N3O2S/c1-17(9-8-13(16)21)15(20)10-18-12-5-3-2-4-11(12)6-7-14(18)19/h2-7H,8-10H2,1H3,(H2,16,21). The molecule has 2 N–H and O–H groups in total. The predicted octanol–water partition coefficient (Wildman–Crippen LogP) is 1.14. The van der Waals surface area contributed by atoms with Crippen molar-refractivity contribution >= 4 is 34.0 Å². The van der Waals surface area contributed by atoms with Gasteiger partial charge < -0.3 is 10.6 Å². The molecule has 1 aromatic carbocycles. The Morgan fingerprint density at radius 1 is 1.29 bits per heavy atom. The smallest absolute Gasteiger partial charge is 0.251 e. The monoisotopic (exact) mass is 303 g/mol. The lowest BCUT2D eigenvalue weighted by molar-refractivity contribution is -0.130. The number of amides is 1. The van der Waals surface area contributed by atoms with Crippen molar-refractivity contribution in [1.82, 2.24) is 9.47 Å². The third-order valence-corrected chi connectivity index (χ3v) is 3.52. The number of carbonyl (C=O) groups excluding carboxylic acids is 1. The summed E-state index contributed by atoms with van der Waals surface area (Å²) in [6.45, 7) is 0.460. The summed E-state index contributed by atoms with van der Waals surface area (Å²) in [4.78, 5) is 26.1. The Balaban J connectivity index is 2.23. The highest BCUT2D eigenvalue weighted by atomic mass is 32.1. The summed E-state index contributed by atoms with van der Waals surface area (Å²) in [6, 6.07) is 10.7. The number of carbonyl (C=O) groups is 1. The number of hydrogen-bond acceptors (Lipinski definition) is 3. The SMILES string of the molecule is CN(CCC(N)=S)C(=O)Cn1c(=O)ccc2ccccc21. The maximum atomic E-state index is 12.2. The lowest BCUT2D eigenvalue weighted by Gasteiger charge is -2.18. The molecule has 0 atom stereocenters. The van der Waals surface area contributed by atoms with E-state index in [1.807, 2.05) is 24.3 Å². The topological polar surface area (TPSA) is 68.3 Å². The van der Waals surface area contributed by atoms with Crippen molar-refractivity contribution in [2.75, 3.05) is 13.6 Å². The first-order valence-corrected chi connectivity index (χ1v) is 7.00. The Kier molecular flexibility index (Phi) is 4.70. The van der Waals surface area contributed by atoms with Gasteiger partial charge in [-0.3, -0.25) is 14.2 Å². The minimum Gasteiger partial charge on any atom is -0.393 e.